The highest BCUT2D eigenvalue weighted by atomic mass is 32.2. The van der Waals surface area contributed by atoms with Crippen molar-refractivity contribution in [3.05, 3.63) is 58.4 Å². The van der Waals surface area contributed by atoms with Crippen molar-refractivity contribution in [1.29, 1.82) is 0 Å². The predicted molar refractivity (Wildman–Crippen MR) is 99.1 cm³/mol. The number of rotatable bonds is 8. The van der Waals surface area contributed by atoms with Crippen LogP contribution in [0.3, 0.4) is 0 Å². The molecule has 0 aliphatic rings. The van der Waals surface area contributed by atoms with Gasteiger partial charge in [-0.25, -0.2) is 12.8 Å². The number of benzene rings is 2. The van der Waals surface area contributed by atoms with Crippen LogP contribution in [0.2, 0.25) is 0 Å². The Labute approximate surface area is 160 Å². The van der Waals surface area contributed by atoms with E-state index in [9.17, 15) is 27.7 Å². The number of nitro groups is 1. The lowest BCUT2D eigenvalue weighted by Crippen LogP contribution is -2.43. The molecular formula is C17H18FN3O6S. The number of nitrogens with one attached hydrogen (secondary N) is 2. The lowest BCUT2D eigenvalue weighted by atomic mass is 10.2. The zero-order valence-electron chi connectivity index (χ0n) is 15.0. The summed E-state index contributed by atoms with van der Waals surface area (Å²) in [5, 5.41) is 13.5. The van der Waals surface area contributed by atoms with Gasteiger partial charge in [-0.2, -0.15) is 4.72 Å². The van der Waals surface area contributed by atoms with Crippen LogP contribution in [0, 0.1) is 15.9 Å². The summed E-state index contributed by atoms with van der Waals surface area (Å²) in [5.74, 6) is -1.27. The largest absolute Gasteiger partial charge is 0.490 e. The van der Waals surface area contributed by atoms with E-state index in [0.717, 1.165) is 30.3 Å². The van der Waals surface area contributed by atoms with Crippen LogP contribution < -0.4 is 14.8 Å². The summed E-state index contributed by atoms with van der Waals surface area (Å²) in [6.07, 6.45) is 0.116. The number of carbonyl (C=O) groups is 1. The van der Waals surface area contributed by atoms with Gasteiger partial charge in [0.05, 0.1) is 16.9 Å². The summed E-state index contributed by atoms with van der Waals surface area (Å²) in [5.41, 5.74) is -0.239. The minimum absolute atomic E-state index is 0.0204. The van der Waals surface area contributed by atoms with Gasteiger partial charge in [0.1, 0.15) is 11.9 Å². The van der Waals surface area contributed by atoms with E-state index >= 15 is 0 Å². The Bertz CT molecular complexity index is 979. The first kappa shape index (κ1) is 21.3. The van der Waals surface area contributed by atoms with E-state index in [1.54, 1.807) is 6.92 Å². The Hall–Kier alpha value is -3.05. The third-order valence-electron chi connectivity index (χ3n) is 3.79. The van der Waals surface area contributed by atoms with Crippen molar-refractivity contribution in [3.8, 4) is 5.75 Å². The first-order valence-corrected chi connectivity index (χ1v) is 9.57. The fourth-order valence-corrected chi connectivity index (χ4v) is 3.61. The molecule has 150 valence electrons. The fourth-order valence-electron chi connectivity index (χ4n) is 2.33. The van der Waals surface area contributed by atoms with E-state index in [2.05, 4.69) is 10.0 Å². The third-order valence-corrected chi connectivity index (χ3v) is 5.28. The molecule has 0 bridgehead atoms. The van der Waals surface area contributed by atoms with Gasteiger partial charge < -0.3 is 10.1 Å². The van der Waals surface area contributed by atoms with Gasteiger partial charge in [-0.15, -0.1) is 0 Å². The van der Waals surface area contributed by atoms with Crippen molar-refractivity contribution in [1.82, 2.24) is 4.72 Å². The van der Waals surface area contributed by atoms with Crippen LogP contribution in [0.25, 0.3) is 0 Å². The summed E-state index contributed by atoms with van der Waals surface area (Å²) in [4.78, 5) is 22.7. The molecule has 0 heterocycles. The average molecular weight is 411 g/mol. The molecule has 0 saturated heterocycles. The van der Waals surface area contributed by atoms with E-state index in [4.69, 9.17) is 4.74 Å². The smallest absolute Gasteiger partial charge is 0.312 e. The van der Waals surface area contributed by atoms with Crippen molar-refractivity contribution in [2.45, 2.75) is 24.3 Å². The Morgan fingerprint density at radius 2 is 1.89 bits per heavy atom. The van der Waals surface area contributed by atoms with Crippen LogP contribution in [0.4, 0.5) is 15.8 Å². The maximum Gasteiger partial charge on any atom is 0.312 e. The molecule has 0 fully saturated rings. The number of anilines is 1. The number of nitro benzene ring substituents is 1. The van der Waals surface area contributed by atoms with E-state index in [1.807, 2.05) is 0 Å². The summed E-state index contributed by atoms with van der Waals surface area (Å²) >= 11 is 0. The molecule has 0 spiro atoms. The number of methoxy groups -OCH3 is 1. The molecule has 1 atom stereocenters. The first-order valence-electron chi connectivity index (χ1n) is 8.09. The predicted octanol–water partition coefficient (Wildman–Crippen LogP) is 2.44. The van der Waals surface area contributed by atoms with Gasteiger partial charge in [-0.1, -0.05) is 6.92 Å². The molecule has 9 nitrogen and oxygen atoms in total. The minimum atomic E-state index is -4.06. The number of halogens is 1. The van der Waals surface area contributed by atoms with Crippen molar-refractivity contribution < 1.29 is 27.3 Å². The lowest BCUT2D eigenvalue weighted by Gasteiger charge is -2.17. The molecule has 0 radical (unpaired) electrons. The number of ether oxygens (including phenoxy) is 1. The third kappa shape index (κ3) is 5.02. The van der Waals surface area contributed by atoms with Gasteiger partial charge in [0.25, 0.3) is 0 Å². The average Bonchev–Trinajstić information content (AvgIpc) is 2.66. The molecule has 28 heavy (non-hydrogen) atoms. The van der Waals surface area contributed by atoms with Crippen LogP contribution in [-0.4, -0.2) is 32.4 Å². The molecule has 0 saturated carbocycles. The van der Waals surface area contributed by atoms with E-state index in [0.29, 0.717) is 0 Å². The van der Waals surface area contributed by atoms with Gasteiger partial charge in [0.15, 0.2) is 5.75 Å². The molecule has 2 aromatic carbocycles. The molecule has 2 N–H and O–H groups in total. The molecule has 0 aliphatic carbocycles. The second-order valence-corrected chi connectivity index (χ2v) is 7.38. The molecule has 0 aliphatic heterocycles. The SMILES string of the molecule is CCC(NS(=O)(=O)c1ccc(F)cc1)C(=O)Nc1ccc(OC)c([N+](=O)[O-])c1. The lowest BCUT2D eigenvalue weighted by molar-refractivity contribution is -0.385. The number of hydrogen-bond acceptors (Lipinski definition) is 6. The van der Waals surface area contributed by atoms with Crippen molar-refractivity contribution >= 4 is 27.3 Å². The van der Waals surface area contributed by atoms with Crippen molar-refractivity contribution in [2.75, 3.05) is 12.4 Å². The Balaban J connectivity index is 2.18. The second kappa shape index (κ2) is 8.76. The molecular weight excluding hydrogens is 393 g/mol. The van der Waals surface area contributed by atoms with Gasteiger partial charge in [0.2, 0.25) is 15.9 Å². The highest BCUT2D eigenvalue weighted by Gasteiger charge is 2.25. The normalized spacial score (nSPS) is 12.2. The Kier molecular flexibility index (Phi) is 6.65. The van der Waals surface area contributed by atoms with E-state index in [-0.39, 0.29) is 28.4 Å². The monoisotopic (exact) mass is 411 g/mol. The standard InChI is InChI=1S/C17H18FN3O6S/c1-3-14(20-28(25,26)13-7-4-11(18)5-8-13)17(22)19-12-6-9-16(27-2)15(10-12)21(23)24/h4-10,14,20H,3H2,1-2H3,(H,19,22). The van der Waals surface area contributed by atoms with Crippen LogP contribution in [-0.2, 0) is 14.8 Å². The maximum absolute atomic E-state index is 13.0. The molecule has 0 aromatic heterocycles. The van der Waals surface area contributed by atoms with Gasteiger partial charge in [-0.05, 0) is 42.8 Å². The number of amides is 1. The fraction of sp³-hybridized carbons (Fsp3) is 0.235. The van der Waals surface area contributed by atoms with Crippen LogP contribution in [0.15, 0.2) is 47.4 Å². The Morgan fingerprint density at radius 1 is 1.25 bits per heavy atom. The molecule has 2 rings (SSSR count). The summed E-state index contributed by atoms with van der Waals surface area (Å²) in [7, 11) is -2.79. The number of carbonyl (C=O) groups excluding carboxylic acids is 1. The van der Waals surface area contributed by atoms with Gasteiger partial charge in [-0.3, -0.25) is 14.9 Å². The maximum atomic E-state index is 13.0. The minimum Gasteiger partial charge on any atom is -0.490 e. The first-order chi connectivity index (χ1) is 13.2. The summed E-state index contributed by atoms with van der Waals surface area (Å²) in [6, 6.07) is 6.82. The zero-order valence-corrected chi connectivity index (χ0v) is 15.8. The molecule has 1 amide bonds. The van der Waals surface area contributed by atoms with Crippen molar-refractivity contribution in [2.24, 2.45) is 0 Å². The number of hydrogen-bond donors (Lipinski definition) is 2. The molecule has 11 heteroatoms. The highest BCUT2D eigenvalue weighted by molar-refractivity contribution is 7.89. The Morgan fingerprint density at radius 3 is 2.43 bits per heavy atom. The van der Waals surface area contributed by atoms with Crippen LogP contribution in [0.1, 0.15) is 13.3 Å². The zero-order chi connectivity index (χ0) is 20.9. The quantitative estimate of drug-likeness (QED) is 0.507. The van der Waals surface area contributed by atoms with Crippen LogP contribution in [0.5, 0.6) is 5.75 Å². The van der Waals surface area contributed by atoms with E-state index in [1.165, 1.54) is 19.2 Å². The molecule has 1 unspecified atom stereocenters. The topological polar surface area (TPSA) is 128 Å². The summed E-state index contributed by atoms with van der Waals surface area (Å²) in [6.45, 7) is 1.59. The van der Waals surface area contributed by atoms with Gasteiger partial charge in [0, 0.05) is 11.8 Å². The molecule has 2 aromatic rings. The number of sulfonamides is 1. The van der Waals surface area contributed by atoms with Crippen molar-refractivity contribution in [3.63, 3.8) is 0 Å². The second-order valence-electron chi connectivity index (χ2n) is 5.67. The summed E-state index contributed by atoms with van der Waals surface area (Å²) < 4.78 is 44.9. The van der Waals surface area contributed by atoms with E-state index < -0.39 is 32.7 Å². The number of nitrogens with zero attached hydrogens (tertiary/aromatic N) is 1. The van der Waals surface area contributed by atoms with Gasteiger partial charge >= 0.3 is 5.69 Å². The highest BCUT2D eigenvalue weighted by Crippen LogP contribution is 2.29. The van der Waals surface area contributed by atoms with Crippen LogP contribution >= 0.6 is 0 Å².